The van der Waals surface area contributed by atoms with Gasteiger partial charge in [-0.15, -0.1) is 0 Å². The van der Waals surface area contributed by atoms with Crippen LogP contribution in [0.4, 0.5) is 0 Å². The highest BCUT2D eigenvalue weighted by molar-refractivity contribution is 5.90. The Bertz CT molecular complexity index is 153. The molecule has 0 amide bonds. The van der Waals surface area contributed by atoms with Crippen LogP contribution in [0.1, 0.15) is 19.8 Å². The van der Waals surface area contributed by atoms with Crippen molar-refractivity contribution in [3.8, 4) is 0 Å². The average Bonchev–Trinajstić information content (AvgIpc) is 2.01. The molecule has 0 aliphatic heterocycles. The number of rotatable bonds is 5. The lowest BCUT2D eigenvalue weighted by Crippen LogP contribution is -2.16. The Labute approximate surface area is 71.8 Å². The van der Waals surface area contributed by atoms with Crippen molar-refractivity contribution >= 4 is 11.9 Å². The Kier molecular flexibility index (Phi) is 6.28. The van der Waals surface area contributed by atoms with Crippen molar-refractivity contribution in [3.05, 3.63) is 6.42 Å². The van der Waals surface area contributed by atoms with E-state index >= 15 is 0 Å². The molecule has 4 nitrogen and oxygen atoms in total. The first kappa shape index (κ1) is 11.1. The predicted molar refractivity (Wildman–Crippen MR) is 42.2 cm³/mol. The van der Waals surface area contributed by atoms with Gasteiger partial charge in [0.25, 0.3) is 0 Å². The maximum absolute atomic E-state index is 10.7. The summed E-state index contributed by atoms with van der Waals surface area (Å²) in [4.78, 5) is 21.4. The first-order valence-corrected chi connectivity index (χ1v) is 3.77. The fourth-order valence-corrected chi connectivity index (χ4v) is 0.563. The molecule has 4 heteroatoms. The van der Waals surface area contributed by atoms with Crippen LogP contribution in [0.5, 0.6) is 0 Å². The lowest BCUT2D eigenvalue weighted by molar-refractivity contribution is -0.159. The minimum Gasteiger partial charge on any atom is -0.391 e. The Morgan fingerprint density at radius 3 is 2.58 bits per heavy atom. The van der Waals surface area contributed by atoms with Crippen LogP contribution >= 0.6 is 0 Å². The van der Waals surface area contributed by atoms with E-state index in [0.717, 1.165) is 6.42 Å². The molecule has 0 bridgehead atoms. The van der Waals surface area contributed by atoms with E-state index in [9.17, 15) is 9.59 Å². The summed E-state index contributed by atoms with van der Waals surface area (Å²) in [7, 11) is 1.36. The van der Waals surface area contributed by atoms with Crippen LogP contribution in [0.15, 0.2) is 0 Å². The second-order valence-corrected chi connectivity index (χ2v) is 2.22. The fourth-order valence-electron chi connectivity index (χ4n) is 0.563. The quantitative estimate of drug-likeness (QED) is 0.453. The van der Waals surface area contributed by atoms with Gasteiger partial charge < -0.3 is 9.47 Å². The van der Waals surface area contributed by atoms with Crippen LogP contribution < -0.4 is 0 Å². The third-order valence-corrected chi connectivity index (χ3v) is 1.08. The molecule has 0 atom stereocenters. The monoisotopic (exact) mass is 173 g/mol. The van der Waals surface area contributed by atoms with Crippen LogP contribution in [0.2, 0.25) is 0 Å². The molecule has 0 spiro atoms. The molecule has 69 valence electrons. The summed E-state index contributed by atoms with van der Waals surface area (Å²) in [5.74, 6) is -1.26. The largest absolute Gasteiger partial charge is 0.391 e. The normalized spacial score (nSPS) is 9.50. The van der Waals surface area contributed by atoms with Gasteiger partial charge in [0.1, 0.15) is 6.61 Å². The van der Waals surface area contributed by atoms with Gasteiger partial charge >= 0.3 is 11.9 Å². The van der Waals surface area contributed by atoms with Gasteiger partial charge in [0.2, 0.25) is 0 Å². The van der Waals surface area contributed by atoms with Gasteiger partial charge in [0.15, 0.2) is 0 Å². The topological polar surface area (TPSA) is 52.6 Å². The third kappa shape index (κ3) is 5.85. The Morgan fingerprint density at radius 1 is 1.42 bits per heavy atom. The molecule has 0 aliphatic carbocycles. The van der Waals surface area contributed by atoms with Crippen molar-refractivity contribution in [1.29, 1.82) is 0 Å². The number of hydrogen-bond acceptors (Lipinski definition) is 4. The first-order valence-electron chi connectivity index (χ1n) is 3.77. The van der Waals surface area contributed by atoms with Crippen molar-refractivity contribution < 1.29 is 19.1 Å². The summed E-state index contributed by atoms with van der Waals surface area (Å²) < 4.78 is 8.80. The zero-order chi connectivity index (χ0) is 9.40. The number of carbonyl (C=O) groups excluding carboxylic acids is 2. The molecule has 0 saturated heterocycles. The summed E-state index contributed by atoms with van der Waals surface area (Å²) in [5.41, 5.74) is 0. The molecule has 0 aromatic heterocycles. The van der Waals surface area contributed by atoms with Crippen LogP contribution in [0.3, 0.4) is 0 Å². The van der Waals surface area contributed by atoms with E-state index in [1.807, 2.05) is 6.92 Å². The van der Waals surface area contributed by atoms with Gasteiger partial charge in [0.05, 0.1) is 6.42 Å². The van der Waals surface area contributed by atoms with Gasteiger partial charge in [0, 0.05) is 7.11 Å². The predicted octanol–water partition coefficient (Wildman–Crippen LogP) is 0.707. The third-order valence-electron chi connectivity index (χ3n) is 1.08. The highest BCUT2D eigenvalue weighted by Crippen LogP contribution is 1.95. The van der Waals surface area contributed by atoms with E-state index in [-0.39, 0.29) is 6.61 Å². The van der Waals surface area contributed by atoms with Gasteiger partial charge in [-0.1, -0.05) is 13.3 Å². The Hall–Kier alpha value is -0.900. The molecular weight excluding hydrogens is 160 g/mol. The Balaban J connectivity index is 3.47. The van der Waals surface area contributed by atoms with Gasteiger partial charge in [-0.05, 0) is 6.42 Å². The average molecular weight is 173 g/mol. The zero-order valence-corrected chi connectivity index (χ0v) is 7.33. The summed E-state index contributed by atoms with van der Waals surface area (Å²) in [6, 6.07) is 0. The number of hydrogen-bond donors (Lipinski definition) is 0. The molecule has 0 N–H and O–H groups in total. The molecule has 1 radical (unpaired) electrons. The molecule has 0 saturated carbocycles. The van der Waals surface area contributed by atoms with Crippen LogP contribution in [0, 0.1) is 6.42 Å². The molecule has 0 heterocycles. The number of unbranched alkanes of at least 4 members (excludes halogenated alkanes) is 1. The second kappa shape index (κ2) is 6.79. The first-order chi connectivity index (χ1) is 5.70. The molecule has 0 rings (SSSR count). The second-order valence-electron chi connectivity index (χ2n) is 2.22. The van der Waals surface area contributed by atoms with Crippen molar-refractivity contribution in [2.24, 2.45) is 0 Å². The van der Waals surface area contributed by atoms with E-state index in [1.165, 1.54) is 13.5 Å². The number of methoxy groups -OCH3 is 1. The number of carbonyl (C=O) groups is 2. The lowest BCUT2D eigenvalue weighted by atomic mass is 10.2. The molecule has 0 aromatic rings. The van der Waals surface area contributed by atoms with Gasteiger partial charge in [-0.2, -0.15) is 0 Å². The standard InChI is InChI=1S/C8H13O4/c1-3-4-5-7(9)12-8(10)6-11-2/h5H,3-4,6H2,1-2H3. The lowest BCUT2D eigenvalue weighted by Gasteiger charge is -2.00. The van der Waals surface area contributed by atoms with Gasteiger partial charge in [-0.25, -0.2) is 4.79 Å². The SMILES string of the molecule is CCC[CH]C(=O)OC(=O)COC. The minimum absolute atomic E-state index is 0.189. The molecule has 12 heavy (non-hydrogen) atoms. The minimum atomic E-state index is -0.658. The van der Waals surface area contributed by atoms with Gasteiger partial charge in [-0.3, -0.25) is 4.79 Å². The van der Waals surface area contributed by atoms with E-state index in [1.54, 1.807) is 0 Å². The molecule has 0 aliphatic rings. The number of esters is 2. The van der Waals surface area contributed by atoms with Crippen molar-refractivity contribution in [2.75, 3.05) is 13.7 Å². The highest BCUT2D eigenvalue weighted by atomic mass is 16.6. The van der Waals surface area contributed by atoms with Crippen LogP contribution in [0.25, 0.3) is 0 Å². The highest BCUT2D eigenvalue weighted by Gasteiger charge is 2.08. The van der Waals surface area contributed by atoms with E-state index < -0.39 is 11.9 Å². The van der Waals surface area contributed by atoms with E-state index in [0.29, 0.717) is 6.42 Å². The summed E-state index contributed by atoms with van der Waals surface area (Å²) in [6.45, 7) is 1.74. The number of ether oxygens (including phenoxy) is 2. The maximum Gasteiger partial charge on any atom is 0.339 e. The fraction of sp³-hybridized carbons (Fsp3) is 0.625. The summed E-state index contributed by atoms with van der Waals surface area (Å²) in [5, 5.41) is 0. The summed E-state index contributed by atoms with van der Waals surface area (Å²) >= 11 is 0. The molecule has 0 aromatic carbocycles. The molecular formula is C8H13O4. The van der Waals surface area contributed by atoms with Crippen LogP contribution in [-0.4, -0.2) is 25.7 Å². The zero-order valence-electron chi connectivity index (χ0n) is 7.33. The van der Waals surface area contributed by atoms with Crippen LogP contribution in [-0.2, 0) is 19.1 Å². The van der Waals surface area contributed by atoms with Crippen molar-refractivity contribution in [1.82, 2.24) is 0 Å². The smallest absolute Gasteiger partial charge is 0.339 e. The maximum atomic E-state index is 10.7. The van der Waals surface area contributed by atoms with Crippen molar-refractivity contribution in [3.63, 3.8) is 0 Å². The molecule has 0 fully saturated rings. The van der Waals surface area contributed by atoms with Crippen molar-refractivity contribution in [2.45, 2.75) is 19.8 Å². The van der Waals surface area contributed by atoms with E-state index in [2.05, 4.69) is 9.47 Å². The Morgan fingerprint density at radius 2 is 2.08 bits per heavy atom. The summed E-state index contributed by atoms with van der Waals surface area (Å²) in [6.07, 6.45) is 2.82. The van der Waals surface area contributed by atoms with E-state index in [4.69, 9.17) is 0 Å². The molecule has 0 unspecified atom stereocenters.